The van der Waals surface area contributed by atoms with Crippen LogP contribution in [0.5, 0.6) is 11.5 Å². The molecule has 346 valence electrons. The van der Waals surface area contributed by atoms with Crippen LogP contribution >= 0.6 is 0 Å². The van der Waals surface area contributed by atoms with E-state index in [-0.39, 0.29) is 66.3 Å². The number of phenolic OH excluding ortho intramolecular Hbond substituents is 2. The van der Waals surface area contributed by atoms with Gasteiger partial charge in [0.05, 0.1) is 6.54 Å². The smallest absolute Gasteiger partial charge is 0.326 e. The Morgan fingerprint density at radius 1 is 0.831 bits per heavy atom. The zero-order chi connectivity index (χ0) is 47.8. The van der Waals surface area contributed by atoms with Crippen molar-refractivity contribution in [2.45, 2.75) is 103 Å². The summed E-state index contributed by atoms with van der Waals surface area (Å²) in [5, 5.41) is 43.2. The summed E-state index contributed by atoms with van der Waals surface area (Å²) in [6.07, 6.45) is 3.77. The number of quaternary nitrogens is 1. The number of carboxylic acid groups (broad SMARTS) is 2. The lowest BCUT2D eigenvalue weighted by Crippen LogP contribution is -2.50. The lowest BCUT2D eigenvalue weighted by atomic mass is 9.88. The number of hydrogen-bond donors (Lipinski definition) is 5. The molecule has 4 bridgehead atoms. The second-order valence-corrected chi connectivity index (χ2v) is 16.7. The number of nitrogens with one attached hydrogen (secondary N) is 1. The van der Waals surface area contributed by atoms with Gasteiger partial charge in [0.15, 0.2) is 11.6 Å². The highest BCUT2D eigenvalue weighted by Gasteiger charge is 2.36. The molecular formula is C51H61N3O11. The molecule has 2 amide bonds. The minimum Gasteiger partial charge on any atom is -0.550 e. The number of hydrogen-bond acceptors (Lipinski definition) is 10. The van der Waals surface area contributed by atoms with E-state index in [0.717, 1.165) is 37.3 Å². The fourth-order valence-electron chi connectivity index (χ4n) is 8.01. The van der Waals surface area contributed by atoms with Crippen molar-refractivity contribution in [2.75, 3.05) is 13.6 Å². The van der Waals surface area contributed by atoms with E-state index in [4.69, 9.17) is 9.90 Å². The molecule has 5 rings (SSSR count). The summed E-state index contributed by atoms with van der Waals surface area (Å²) in [6, 6.07) is 22.0. The van der Waals surface area contributed by atoms with Crippen molar-refractivity contribution < 1.29 is 59.7 Å². The van der Waals surface area contributed by atoms with Crippen LogP contribution in [0, 0.1) is 11.8 Å². The predicted octanol–water partition coefficient (Wildman–Crippen LogP) is 5.40. The second kappa shape index (κ2) is 24.4. The number of carbonyl (C=O) groups is 7. The largest absolute Gasteiger partial charge is 0.550 e. The number of aryl methyl sites for hydroxylation is 1. The average Bonchev–Trinajstić information content (AvgIpc) is 3.26. The number of fused-ring (bicyclic) bond motifs is 5. The van der Waals surface area contributed by atoms with Gasteiger partial charge in [-0.1, -0.05) is 80.9 Å². The molecule has 0 saturated carbocycles. The average molecular weight is 892 g/mol. The van der Waals surface area contributed by atoms with Gasteiger partial charge in [-0.3, -0.25) is 24.0 Å². The Morgan fingerprint density at radius 3 is 2.03 bits per heavy atom. The van der Waals surface area contributed by atoms with E-state index in [1.807, 2.05) is 12.1 Å². The van der Waals surface area contributed by atoms with E-state index in [9.17, 15) is 44.1 Å². The minimum absolute atomic E-state index is 0.0810. The highest BCUT2D eigenvalue weighted by Crippen LogP contribution is 2.39. The molecule has 4 aromatic rings. The molecule has 1 heterocycles. The van der Waals surface area contributed by atoms with Crippen LogP contribution in [-0.2, 0) is 41.6 Å². The molecule has 65 heavy (non-hydrogen) atoms. The summed E-state index contributed by atoms with van der Waals surface area (Å²) >= 11 is 0. The summed E-state index contributed by atoms with van der Waals surface area (Å²) in [5.74, 6) is -6.47. The zero-order valence-electron chi connectivity index (χ0n) is 37.6. The van der Waals surface area contributed by atoms with Gasteiger partial charge in [0, 0.05) is 73.6 Å². The molecule has 0 fully saturated rings. The number of carbonyl (C=O) groups excluding carboxylic acids is 6. The highest BCUT2D eigenvalue weighted by atomic mass is 16.4. The van der Waals surface area contributed by atoms with Gasteiger partial charge in [-0.25, -0.2) is 4.79 Å². The Morgan fingerprint density at radius 2 is 1.43 bits per heavy atom. The number of Topliss-reactive ketones (excluding diaryl/α,β-unsaturated/α-hetero) is 3. The van der Waals surface area contributed by atoms with Crippen molar-refractivity contribution in [3.05, 3.63) is 107 Å². The minimum atomic E-state index is -1.34. The molecule has 4 aromatic carbocycles. The summed E-state index contributed by atoms with van der Waals surface area (Å²) in [5.41, 5.74) is 8.91. The number of benzene rings is 4. The molecule has 0 aliphatic carbocycles. The Bertz CT molecular complexity index is 2320. The molecule has 14 heteroatoms. The van der Waals surface area contributed by atoms with Crippen LogP contribution < -0.4 is 16.2 Å². The zero-order valence-corrected chi connectivity index (χ0v) is 37.6. The van der Waals surface area contributed by atoms with Gasteiger partial charge < -0.3 is 41.2 Å². The topological polar surface area (TPSA) is 246 Å². The first-order valence-corrected chi connectivity index (χ1v) is 22.1. The highest BCUT2D eigenvalue weighted by molar-refractivity contribution is 5.97. The molecule has 0 aromatic heterocycles. The van der Waals surface area contributed by atoms with Crippen molar-refractivity contribution >= 4 is 41.1 Å². The number of aliphatic carboxylic acids is 2. The normalized spacial score (nSPS) is 16.5. The van der Waals surface area contributed by atoms with Crippen LogP contribution in [0.15, 0.2) is 84.9 Å². The van der Waals surface area contributed by atoms with Gasteiger partial charge in [0.2, 0.25) is 11.8 Å². The number of likely N-dealkylation sites (N-methyl/N-ethyl adjacent to an activating group) is 1. The fraction of sp³-hybridized carbons (Fsp3) is 0.392. The molecule has 4 atom stereocenters. The first kappa shape index (κ1) is 51.0. The molecule has 14 nitrogen and oxygen atoms in total. The number of carboxylic acids is 2. The molecule has 1 aliphatic heterocycles. The first-order chi connectivity index (χ1) is 30.9. The molecule has 7 N–H and O–H groups in total. The van der Waals surface area contributed by atoms with Gasteiger partial charge >= 0.3 is 5.97 Å². The third-order valence-electron chi connectivity index (χ3n) is 11.5. The number of amides is 2. The maximum atomic E-state index is 14.5. The second-order valence-electron chi connectivity index (χ2n) is 16.7. The standard InChI is InChI=1S/C49H57N3O9.C2H4O2/c1-4-8-31-12-15-33(16-13-31)34-17-19-35(20-18-34)42(54)11-7-10-38(53)28-37(9-5-6-24-50)48(59)52(3)46-36-21-23-44(56)40(29-36)39-26-32(14-22-43(39)55)27-41(49(60)61)51-47(58)30(2)25-45(46)57;1-2(3)4/h12-23,26,29-30,37,41,46,55-56H,4-11,24-25,27-28,50H2,1-3H3,(H,51,58)(H,60,61);1H3,(H,3,4)/t30-,37?,41+,46+;/m1./s1. The summed E-state index contributed by atoms with van der Waals surface area (Å²) < 4.78 is 0. The van der Waals surface area contributed by atoms with Gasteiger partial charge in [0.1, 0.15) is 29.4 Å². The van der Waals surface area contributed by atoms with E-state index in [2.05, 4.69) is 42.2 Å². The number of aromatic hydroxyl groups is 2. The van der Waals surface area contributed by atoms with Gasteiger partial charge in [-0.05, 0) is 91.1 Å². The van der Waals surface area contributed by atoms with Crippen LogP contribution in [0.1, 0.15) is 112 Å². The molecule has 0 saturated heterocycles. The Balaban J connectivity index is 0.00000222. The Labute approximate surface area is 379 Å². The van der Waals surface area contributed by atoms with E-state index < -0.39 is 53.5 Å². The van der Waals surface area contributed by atoms with E-state index >= 15 is 0 Å². The fourth-order valence-corrected chi connectivity index (χ4v) is 8.01. The van der Waals surface area contributed by atoms with Crippen LogP contribution in [0.3, 0.4) is 0 Å². The van der Waals surface area contributed by atoms with Gasteiger partial charge in [-0.2, -0.15) is 0 Å². The van der Waals surface area contributed by atoms with Crippen molar-refractivity contribution in [1.82, 2.24) is 10.2 Å². The van der Waals surface area contributed by atoms with Crippen LogP contribution in [0.4, 0.5) is 0 Å². The van der Waals surface area contributed by atoms with Crippen molar-refractivity contribution in [3.8, 4) is 33.8 Å². The third-order valence-corrected chi connectivity index (χ3v) is 11.5. The summed E-state index contributed by atoms with van der Waals surface area (Å²) in [6.45, 7) is 5.26. The van der Waals surface area contributed by atoms with Crippen molar-refractivity contribution in [1.29, 1.82) is 0 Å². The molecular weight excluding hydrogens is 831 g/mol. The maximum absolute atomic E-state index is 14.5. The van der Waals surface area contributed by atoms with Crippen LogP contribution in [0.25, 0.3) is 22.3 Å². The van der Waals surface area contributed by atoms with Gasteiger partial charge in [-0.15, -0.1) is 0 Å². The lowest BCUT2D eigenvalue weighted by molar-refractivity contribution is -0.368. The first-order valence-electron chi connectivity index (χ1n) is 22.1. The molecule has 0 radical (unpaired) electrons. The third kappa shape index (κ3) is 14.7. The number of rotatable bonds is 17. The SMILES string of the molecule is CC(=O)[O-].CCCc1ccc(-c2ccc(C(=O)CCCC(=O)CC(CCCC[NH3+])C(=O)N(C)[C@@H]3C(=O)C[C@@H](C)C(=O)N[C@H](C(=O)O)Cc4ccc(O)c(c4)-c4cc3ccc4O)cc2)cc1. The number of nitrogens with zero attached hydrogens (tertiary/aromatic N) is 1. The summed E-state index contributed by atoms with van der Waals surface area (Å²) in [7, 11) is 1.47. The molecule has 1 aliphatic rings. The Kier molecular flexibility index (Phi) is 19.1. The lowest BCUT2D eigenvalue weighted by Gasteiger charge is -2.32. The number of ketones is 3. The number of unbranched alkanes of at least 4 members (excludes halogenated alkanes) is 1. The monoisotopic (exact) mass is 891 g/mol. The van der Waals surface area contributed by atoms with Crippen molar-refractivity contribution in [2.24, 2.45) is 11.8 Å². The van der Waals surface area contributed by atoms with Crippen molar-refractivity contribution in [3.63, 3.8) is 0 Å². The quantitative estimate of drug-likeness (QED) is 0.0663. The van der Waals surface area contributed by atoms with E-state index in [1.54, 1.807) is 12.1 Å². The predicted molar refractivity (Wildman–Crippen MR) is 242 cm³/mol. The Hall–Kier alpha value is -6.67. The van der Waals surface area contributed by atoms with Crippen LogP contribution in [-0.4, -0.2) is 81.0 Å². The van der Waals surface area contributed by atoms with Gasteiger partial charge in [0.25, 0.3) is 0 Å². The molecule has 1 unspecified atom stereocenters. The maximum Gasteiger partial charge on any atom is 0.326 e. The summed E-state index contributed by atoms with van der Waals surface area (Å²) in [4.78, 5) is 91.0. The van der Waals surface area contributed by atoms with E-state index in [0.29, 0.717) is 42.5 Å². The van der Waals surface area contributed by atoms with Crippen LogP contribution in [0.2, 0.25) is 0 Å². The number of phenols is 2. The van der Waals surface area contributed by atoms with E-state index in [1.165, 1.54) is 60.8 Å². The molecule has 0 spiro atoms.